The number of rotatable bonds is 3. The van der Waals surface area contributed by atoms with Crippen molar-refractivity contribution in [2.75, 3.05) is 13.2 Å². The lowest BCUT2D eigenvalue weighted by Gasteiger charge is -2.22. The van der Waals surface area contributed by atoms with Gasteiger partial charge in [0, 0.05) is 31.9 Å². The highest BCUT2D eigenvalue weighted by Gasteiger charge is 2.13. The molecule has 0 atom stereocenters. The van der Waals surface area contributed by atoms with Crippen LogP contribution in [0.15, 0.2) is 10.6 Å². The molecule has 1 N–H and O–H groups in total. The van der Waals surface area contributed by atoms with Crippen molar-refractivity contribution in [2.24, 2.45) is 0 Å². The van der Waals surface area contributed by atoms with Crippen molar-refractivity contribution in [2.45, 2.75) is 32.4 Å². The Balaban J connectivity index is 1.76. The molecule has 2 rings (SSSR count). The molecule has 0 aliphatic carbocycles. The van der Waals surface area contributed by atoms with Crippen molar-refractivity contribution < 1.29 is 9.26 Å². The van der Waals surface area contributed by atoms with Gasteiger partial charge in [-0.25, -0.2) is 0 Å². The van der Waals surface area contributed by atoms with Crippen LogP contribution in [0.5, 0.6) is 0 Å². The smallest absolute Gasteiger partial charge is 0.133 e. The first-order valence-corrected chi connectivity index (χ1v) is 5.08. The van der Waals surface area contributed by atoms with Crippen LogP contribution >= 0.6 is 0 Å². The number of aryl methyl sites for hydroxylation is 1. The average molecular weight is 196 g/mol. The van der Waals surface area contributed by atoms with Gasteiger partial charge in [0.15, 0.2) is 0 Å². The second-order valence-corrected chi connectivity index (χ2v) is 3.70. The monoisotopic (exact) mass is 196 g/mol. The van der Waals surface area contributed by atoms with Gasteiger partial charge in [-0.05, 0) is 19.8 Å². The number of nitrogens with zero attached hydrogens (tertiary/aromatic N) is 1. The van der Waals surface area contributed by atoms with Crippen LogP contribution in [0.25, 0.3) is 0 Å². The van der Waals surface area contributed by atoms with Crippen molar-refractivity contribution in [3.63, 3.8) is 0 Å². The third-order valence-corrected chi connectivity index (χ3v) is 2.47. The van der Waals surface area contributed by atoms with E-state index in [4.69, 9.17) is 9.26 Å². The van der Waals surface area contributed by atoms with Crippen LogP contribution in [-0.4, -0.2) is 24.4 Å². The average Bonchev–Trinajstić information content (AvgIpc) is 2.63. The minimum absolute atomic E-state index is 0.570. The van der Waals surface area contributed by atoms with Gasteiger partial charge < -0.3 is 14.6 Å². The predicted octanol–water partition coefficient (Wildman–Crippen LogP) is 1.25. The molecule has 1 aliphatic heterocycles. The van der Waals surface area contributed by atoms with Gasteiger partial charge >= 0.3 is 0 Å². The van der Waals surface area contributed by atoms with E-state index in [1.165, 1.54) is 0 Å². The molecule has 0 radical (unpaired) electrons. The van der Waals surface area contributed by atoms with Crippen molar-refractivity contribution in [3.05, 3.63) is 17.5 Å². The zero-order chi connectivity index (χ0) is 9.80. The number of hydrogen-bond acceptors (Lipinski definition) is 4. The molecule has 0 unspecified atom stereocenters. The molecule has 0 aromatic carbocycles. The maximum absolute atomic E-state index is 5.28. The lowest BCUT2D eigenvalue weighted by molar-refractivity contribution is 0.0774. The lowest BCUT2D eigenvalue weighted by atomic mass is 10.1. The van der Waals surface area contributed by atoms with Gasteiger partial charge in [0.05, 0.1) is 5.69 Å². The molecule has 0 bridgehead atoms. The summed E-state index contributed by atoms with van der Waals surface area (Å²) < 4.78 is 10.3. The Hall–Kier alpha value is -0.870. The molecule has 1 fully saturated rings. The van der Waals surface area contributed by atoms with Crippen LogP contribution in [-0.2, 0) is 11.3 Å². The quantitative estimate of drug-likeness (QED) is 0.790. The molecule has 0 saturated carbocycles. The first-order chi connectivity index (χ1) is 6.84. The van der Waals surface area contributed by atoms with Crippen molar-refractivity contribution >= 4 is 0 Å². The van der Waals surface area contributed by atoms with E-state index in [0.29, 0.717) is 6.04 Å². The molecule has 1 saturated heterocycles. The second kappa shape index (κ2) is 4.57. The Morgan fingerprint density at radius 3 is 2.93 bits per heavy atom. The highest BCUT2D eigenvalue weighted by Crippen LogP contribution is 2.08. The summed E-state index contributed by atoms with van der Waals surface area (Å²) in [7, 11) is 0. The van der Waals surface area contributed by atoms with E-state index < -0.39 is 0 Å². The van der Waals surface area contributed by atoms with Crippen molar-refractivity contribution in [1.82, 2.24) is 10.5 Å². The molecule has 1 aromatic rings. The Bertz CT molecular complexity index is 279. The van der Waals surface area contributed by atoms with Crippen LogP contribution in [0, 0.1) is 6.92 Å². The Kier molecular flexibility index (Phi) is 3.16. The zero-order valence-electron chi connectivity index (χ0n) is 8.45. The summed E-state index contributed by atoms with van der Waals surface area (Å²) in [4.78, 5) is 0. The van der Waals surface area contributed by atoms with Gasteiger partial charge in [-0.1, -0.05) is 5.16 Å². The Morgan fingerprint density at radius 1 is 1.50 bits per heavy atom. The van der Waals surface area contributed by atoms with Crippen LogP contribution in [0.2, 0.25) is 0 Å². The van der Waals surface area contributed by atoms with Crippen LogP contribution in [0.4, 0.5) is 0 Å². The minimum atomic E-state index is 0.570. The first kappa shape index (κ1) is 9.68. The first-order valence-electron chi connectivity index (χ1n) is 5.08. The number of nitrogens with one attached hydrogen (secondary N) is 1. The van der Waals surface area contributed by atoms with E-state index in [9.17, 15) is 0 Å². The fourth-order valence-corrected chi connectivity index (χ4v) is 1.65. The zero-order valence-corrected chi connectivity index (χ0v) is 8.45. The lowest BCUT2D eigenvalue weighted by Crippen LogP contribution is -2.34. The fourth-order valence-electron chi connectivity index (χ4n) is 1.65. The number of hydrogen-bond donors (Lipinski definition) is 1. The topological polar surface area (TPSA) is 47.3 Å². The minimum Gasteiger partial charge on any atom is -0.381 e. The van der Waals surface area contributed by atoms with Crippen LogP contribution < -0.4 is 5.32 Å². The van der Waals surface area contributed by atoms with Gasteiger partial charge in [0.2, 0.25) is 0 Å². The number of aromatic nitrogens is 1. The summed E-state index contributed by atoms with van der Waals surface area (Å²) in [5, 5.41) is 7.38. The van der Waals surface area contributed by atoms with Gasteiger partial charge in [0.1, 0.15) is 5.76 Å². The summed E-state index contributed by atoms with van der Waals surface area (Å²) in [6, 6.07) is 2.53. The molecule has 1 aromatic heterocycles. The van der Waals surface area contributed by atoms with Crippen molar-refractivity contribution in [3.8, 4) is 0 Å². The van der Waals surface area contributed by atoms with E-state index in [0.717, 1.165) is 44.1 Å². The molecule has 0 spiro atoms. The van der Waals surface area contributed by atoms with E-state index in [1.54, 1.807) is 0 Å². The van der Waals surface area contributed by atoms with Gasteiger partial charge in [0.25, 0.3) is 0 Å². The molecule has 2 heterocycles. The fraction of sp³-hybridized carbons (Fsp3) is 0.700. The third kappa shape index (κ3) is 2.56. The predicted molar refractivity (Wildman–Crippen MR) is 51.9 cm³/mol. The summed E-state index contributed by atoms with van der Waals surface area (Å²) in [6.45, 7) is 4.44. The van der Waals surface area contributed by atoms with Gasteiger partial charge in [-0.3, -0.25) is 0 Å². The van der Waals surface area contributed by atoms with Crippen LogP contribution in [0.1, 0.15) is 24.3 Å². The van der Waals surface area contributed by atoms with Crippen LogP contribution in [0.3, 0.4) is 0 Å². The molecule has 4 heteroatoms. The normalized spacial score (nSPS) is 18.6. The van der Waals surface area contributed by atoms with E-state index in [-0.39, 0.29) is 0 Å². The number of ether oxygens (including phenoxy) is 1. The highest BCUT2D eigenvalue weighted by molar-refractivity contribution is 5.03. The second-order valence-electron chi connectivity index (χ2n) is 3.70. The molecule has 14 heavy (non-hydrogen) atoms. The Morgan fingerprint density at radius 2 is 2.29 bits per heavy atom. The summed E-state index contributed by atoms with van der Waals surface area (Å²) >= 11 is 0. The van der Waals surface area contributed by atoms with Crippen molar-refractivity contribution in [1.29, 1.82) is 0 Å². The third-order valence-electron chi connectivity index (χ3n) is 2.47. The van der Waals surface area contributed by atoms with E-state index in [2.05, 4.69) is 10.5 Å². The summed E-state index contributed by atoms with van der Waals surface area (Å²) in [6.07, 6.45) is 2.19. The molecule has 78 valence electrons. The summed E-state index contributed by atoms with van der Waals surface area (Å²) in [5.41, 5.74) is 0.981. The largest absolute Gasteiger partial charge is 0.381 e. The maximum atomic E-state index is 5.28. The standard InChI is InChI=1S/C10H16N2O2/c1-8-6-10(12-14-8)7-11-9-2-4-13-5-3-9/h6,9,11H,2-5,7H2,1H3. The molecular weight excluding hydrogens is 180 g/mol. The SMILES string of the molecule is Cc1cc(CNC2CCOCC2)no1. The summed E-state index contributed by atoms with van der Waals surface area (Å²) in [5.74, 6) is 0.869. The Labute approximate surface area is 83.6 Å². The molecule has 1 aliphatic rings. The highest BCUT2D eigenvalue weighted by atomic mass is 16.5. The molecule has 0 amide bonds. The van der Waals surface area contributed by atoms with E-state index >= 15 is 0 Å². The molecular formula is C10H16N2O2. The van der Waals surface area contributed by atoms with Gasteiger partial charge in [-0.15, -0.1) is 0 Å². The maximum Gasteiger partial charge on any atom is 0.133 e. The molecule has 4 nitrogen and oxygen atoms in total. The van der Waals surface area contributed by atoms with Gasteiger partial charge in [-0.2, -0.15) is 0 Å². The van der Waals surface area contributed by atoms with E-state index in [1.807, 2.05) is 13.0 Å².